The predicted octanol–water partition coefficient (Wildman–Crippen LogP) is 2.26. The summed E-state index contributed by atoms with van der Waals surface area (Å²) in [6.45, 7) is 4.66. The van der Waals surface area contributed by atoms with Crippen LogP contribution in [-0.2, 0) is 29.3 Å². The van der Waals surface area contributed by atoms with E-state index in [2.05, 4.69) is 39.0 Å². The zero-order chi connectivity index (χ0) is 21.4. The molecule has 3 aliphatic rings. The van der Waals surface area contributed by atoms with Gasteiger partial charge in [-0.05, 0) is 24.8 Å². The highest BCUT2D eigenvalue weighted by Gasteiger charge is 2.34. The van der Waals surface area contributed by atoms with Crippen molar-refractivity contribution in [1.29, 1.82) is 0 Å². The average Bonchev–Trinajstić information content (AvgIpc) is 3.43. The molecule has 2 fully saturated rings. The Bertz CT molecular complexity index is 1040. The van der Waals surface area contributed by atoms with Gasteiger partial charge in [-0.25, -0.2) is 13.4 Å². The Balaban J connectivity index is 1.46. The first kappa shape index (κ1) is 20.7. The summed E-state index contributed by atoms with van der Waals surface area (Å²) in [5.41, 5.74) is 3.60. The maximum Gasteiger partial charge on any atom is 0.227 e. The molecule has 0 radical (unpaired) electrons. The van der Waals surface area contributed by atoms with Gasteiger partial charge >= 0.3 is 0 Å². The van der Waals surface area contributed by atoms with Crippen LogP contribution in [0.3, 0.4) is 0 Å². The molecule has 0 spiro atoms. The molecule has 0 N–H and O–H groups in total. The van der Waals surface area contributed by atoms with Crippen molar-refractivity contribution in [3.05, 3.63) is 47.2 Å². The zero-order valence-electron chi connectivity index (χ0n) is 18.2. The van der Waals surface area contributed by atoms with Gasteiger partial charge in [0, 0.05) is 57.8 Å². The third-order valence-corrected chi connectivity index (χ3v) is 8.58. The van der Waals surface area contributed by atoms with Gasteiger partial charge in [-0.1, -0.05) is 30.3 Å². The highest BCUT2D eigenvalue weighted by molar-refractivity contribution is 7.91. The summed E-state index contributed by atoms with van der Waals surface area (Å²) in [4.78, 5) is 16.8. The van der Waals surface area contributed by atoms with Crippen molar-refractivity contribution >= 4 is 21.6 Å². The lowest BCUT2D eigenvalue weighted by molar-refractivity contribution is 0.243. The first-order chi connectivity index (χ1) is 15.0. The summed E-state index contributed by atoms with van der Waals surface area (Å²) in [6, 6.07) is 10.5. The van der Waals surface area contributed by atoms with Gasteiger partial charge in [0.1, 0.15) is 5.82 Å². The molecule has 0 aliphatic carbocycles. The summed E-state index contributed by atoms with van der Waals surface area (Å²) in [6.07, 6.45) is 3.92. The lowest BCUT2D eigenvalue weighted by atomic mass is 10.0. The van der Waals surface area contributed by atoms with Crippen LogP contribution in [0.1, 0.15) is 36.1 Å². The predicted molar refractivity (Wildman–Crippen MR) is 123 cm³/mol. The van der Waals surface area contributed by atoms with E-state index in [9.17, 15) is 8.42 Å². The van der Waals surface area contributed by atoms with E-state index in [1.807, 2.05) is 13.1 Å². The van der Waals surface area contributed by atoms with Gasteiger partial charge < -0.3 is 9.80 Å². The lowest BCUT2D eigenvalue weighted by Gasteiger charge is -2.34. The van der Waals surface area contributed by atoms with Gasteiger partial charge in [0.25, 0.3) is 0 Å². The van der Waals surface area contributed by atoms with Gasteiger partial charge in [-0.3, -0.25) is 4.90 Å². The number of fused-ring (bicyclic) bond motifs is 1. The van der Waals surface area contributed by atoms with Crippen molar-refractivity contribution in [2.24, 2.45) is 0 Å². The zero-order valence-corrected chi connectivity index (χ0v) is 19.0. The number of rotatable bonds is 5. The number of benzene rings is 1. The van der Waals surface area contributed by atoms with Crippen molar-refractivity contribution in [2.75, 3.05) is 48.0 Å². The van der Waals surface area contributed by atoms with Crippen LogP contribution in [0.2, 0.25) is 0 Å². The molecule has 2 saturated heterocycles. The van der Waals surface area contributed by atoms with E-state index in [0.717, 1.165) is 62.2 Å². The molecule has 1 aromatic heterocycles. The fourth-order valence-electron chi connectivity index (χ4n) is 5.02. The number of anilines is 2. The summed E-state index contributed by atoms with van der Waals surface area (Å²) in [5, 5.41) is 0. The Morgan fingerprint density at radius 1 is 1.10 bits per heavy atom. The van der Waals surface area contributed by atoms with Gasteiger partial charge in [0.15, 0.2) is 9.84 Å². The molecule has 0 bridgehead atoms. The van der Waals surface area contributed by atoms with E-state index in [1.165, 1.54) is 18.4 Å². The Hall–Kier alpha value is -2.19. The third-order valence-electron chi connectivity index (χ3n) is 6.83. The van der Waals surface area contributed by atoms with Crippen LogP contribution in [0.4, 0.5) is 11.8 Å². The smallest absolute Gasteiger partial charge is 0.227 e. The fraction of sp³-hybridized carbons (Fsp3) is 0.565. The molecule has 31 heavy (non-hydrogen) atoms. The van der Waals surface area contributed by atoms with E-state index in [0.29, 0.717) is 6.42 Å². The fourth-order valence-corrected chi connectivity index (χ4v) is 6.79. The molecule has 0 unspecified atom stereocenters. The molecular weight excluding hydrogens is 410 g/mol. The van der Waals surface area contributed by atoms with Crippen LogP contribution in [0.5, 0.6) is 0 Å². The molecule has 7 nitrogen and oxygen atoms in total. The molecule has 3 aliphatic heterocycles. The van der Waals surface area contributed by atoms with E-state index in [4.69, 9.17) is 9.97 Å². The molecule has 8 heteroatoms. The van der Waals surface area contributed by atoms with Crippen molar-refractivity contribution in [1.82, 2.24) is 14.9 Å². The van der Waals surface area contributed by atoms with Gasteiger partial charge in [0.05, 0.1) is 17.2 Å². The van der Waals surface area contributed by atoms with Crippen molar-refractivity contribution in [2.45, 2.75) is 44.8 Å². The summed E-state index contributed by atoms with van der Waals surface area (Å²) < 4.78 is 24.2. The summed E-state index contributed by atoms with van der Waals surface area (Å²) >= 11 is 0. The minimum absolute atomic E-state index is 0.0140. The molecule has 1 atom stereocenters. The minimum Gasteiger partial charge on any atom is -0.355 e. The van der Waals surface area contributed by atoms with Crippen LogP contribution in [0, 0.1) is 0 Å². The monoisotopic (exact) mass is 441 g/mol. The molecular formula is C23H31N5O2S. The van der Waals surface area contributed by atoms with Crippen molar-refractivity contribution in [3.63, 3.8) is 0 Å². The molecule has 0 amide bonds. The third kappa shape index (κ3) is 4.41. The highest BCUT2D eigenvalue weighted by Crippen LogP contribution is 2.32. The summed E-state index contributed by atoms with van der Waals surface area (Å²) in [7, 11) is -0.941. The average molecular weight is 442 g/mol. The second-order valence-electron chi connectivity index (χ2n) is 9.08. The van der Waals surface area contributed by atoms with E-state index in [1.54, 1.807) is 0 Å². The normalized spacial score (nSPS) is 23.1. The van der Waals surface area contributed by atoms with Crippen LogP contribution < -0.4 is 9.80 Å². The molecule has 166 valence electrons. The van der Waals surface area contributed by atoms with Gasteiger partial charge in [-0.15, -0.1) is 0 Å². The Morgan fingerprint density at radius 2 is 1.87 bits per heavy atom. The quantitative estimate of drug-likeness (QED) is 0.705. The maximum atomic E-state index is 12.1. The van der Waals surface area contributed by atoms with Crippen LogP contribution >= 0.6 is 0 Å². The number of hydrogen-bond donors (Lipinski definition) is 0. The second-order valence-corrected chi connectivity index (χ2v) is 11.3. The first-order valence-electron chi connectivity index (χ1n) is 11.3. The standard InChI is InChI=1S/C23H31N5O2S/c1-26(19-10-14-31(29,30)17-19)22-20-16-27(15-18-7-3-2-4-8-18)13-9-21(20)24-23(25-22)28-11-5-6-12-28/h2-4,7-8,19H,5-6,9-17H2,1H3/t19-/m0/s1. The molecule has 0 saturated carbocycles. The molecule has 4 heterocycles. The first-order valence-corrected chi connectivity index (χ1v) is 13.1. The van der Waals surface area contributed by atoms with Crippen molar-refractivity contribution in [3.8, 4) is 0 Å². The highest BCUT2D eigenvalue weighted by atomic mass is 32.2. The molecule has 2 aromatic rings. The van der Waals surface area contributed by atoms with Crippen molar-refractivity contribution < 1.29 is 8.42 Å². The van der Waals surface area contributed by atoms with Crippen LogP contribution in [0.25, 0.3) is 0 Å². The van der Waals surface area contributed by atoms with Crippen LogP contribution in [-0.4, -0.2) is 67.5 Å². The number of aromatic nitrogens is 2. The Labute approximate surface area is 185 Å². The molecule has 1 aromatic carbocycles. The molecule has 5 rings (SSSR count). The SMILES string of the molecule is CN(c1nc(N2CCCC2)nc2c1CN(Cc1ccccc1)CC2)[C@H]1CCS(=O)(=O)C1. The minimum atomic E-state index is -2.95. The number of sulfone groups is 1. The van der Waals surface area contributed by atoms with Gasteiger partial charge in [0.2, 0.25) is 5.95 Å². The Morgan fingerprint density at radius 3 is 2.58 bits per heavy atom. The van der Waals surface area contributed by atoms with Crippen LogP contribution in [0.15, 0.2) is 30.3 Å². The topological polar surface area (TPSA) is 69.6 Å². The van der Waals surface area contributed by atoms with Gasteiger partial charge in [-0.2, -0.15) is 4.98 Å². The Kier molecular flexibility index (Phi) is 5.60. The lowest BCUT2D eigenvalue weighted by Crippen LogP contribution is -2.38. The second kappa shape index (κ2) is 8.39. The number of nitrogens with zero attached hydrogens (tertiary/aromatic N) is 5. The van der Waals surface area contributed by atoms with E-state index in [-0.39, 0.29) is 17.5 Å². The number of hydrogen-bond acceptors (Lipinski definition) is 7. The largest absolute Gasteiger partial charge is 0.355 e. The summed E-state index contributed by atoms with van der Waals surface area (Å²) in [5.74, 6) is 2.23. The maximum absolute atomic E-state index is 12.1. The van der Waals surface area contributed by atoms with E-state index >= 15 is 0 Å². The van der Waals surface area contributed by atoms with E-state index < -0.39 is 9.84 Å².